The van der Waals surface area contributed by atoms with Crippen LogP contribution in [0.15, 0.2) is 12.4 Å². The molecule has 0 fully saturated rings. The molecule has 0 aliphatic rings. The van der Waals surface area contributed by atoms with Gasteiger partial charge in [-0.1, -0.05) is 0 Å². The molecule has 1 heterocycles. The SMILES string of the molecule is COCCCn1ccnc1NCCCCN(C)C. The molecule has 0 aromatic carbocycles. The molecule has 0 saturated heterocycles. The molecule has 5 heteroatoms. The van der Waals surface area contributed by atoms with Gasteiger partial charge in [0.2, 0.25) is 5.95 Å². The summed E-state index contributed by atoms with van der Waals surface area (Å²) < 4.78 is 7.20. The largest absolute Gasteiger partial charge is 0.385 e. The molecule has 0 atom stereocenters. The quantitative estimate of drug-likeness (QED) is 0.645. The van der Waals surface area contributed by atoms with Gasteiger partial charge in [-0.25, -0.2) is 4.98 Å². The van der Waals surface area contributed by atoms with Gasteiger partial charge >= 0.3 is 0 Å². The van der Waals surface area contributed by atoms with Crippen molar-refractivity contribution >= 4 is 5.95 Å². The first-order valence-electron chi connectivity index (χ1n) is 6.62. The number of unbranched alkanes of at least 4 members (excludes halogenated alkanes) is 1. The Hall–Kier alpha value is -1.07. The van der Waals surface area contributed by atoms with E-state index in [-0.39, 0.29) is 0 Å². The summed E-state index contributed by atoms with van der Waals surface area (Å²) >= 11 is 0. The number of ether oxygens (including phenoxy) is 1. The summed E-state index contributed by atoms with van der Waals surface area (Å²) in [4.78, 5) is 6.54. The van der Waals surface area contributed by atoms with Crippen molar-refractivity contribution in [2.24, 2.45) is 0 Å². The average molecular weight is 254 g/mol. The van der Waals surface area contributed by atoms with Crippen LogP contribution in [0.1, 0.15) is 19.3 Å². The lowest BCUT2D eigenvalue weighted by molar-refractivity contribution is 0.190. The van der Waals surface area contributed by atoms with Crippen molar-refractivity contribution in [3.05, 3.63) is 12.4 Å². The predicted molar refractivity (Wildman–Crippen MR) is 75.0 cm³/mol. The van der Waals surface area contributed by atoms with E-state index in [9.17, 15) is 0 Å². The number of nitrogens with zero attached hydrogens (tertiary/aromatic N) is 3. The van der Waals surface area contributed by atoms with E-state index in [0.29, 0.717) is 0 Å². The molecular formula is C13H26N4O. The number of rotatable bonds is 10. The Balaban J connectivity index is 2.19. The fourth-order valence-electron chi connectivity index (χ4n) is 1.79. The molecule has 1 aromatic rings. The van der Waals surface area contributed by atoms with E-state index >= 15 is 0 Å². The second kappa shape index (κ2) is 8.94. The van der Waals surface area contributed by atoms with Crippen molar-refractivity contribution in [3.8, 4) is 0 Å². The summed E-state index contributed by atoms with van der Waals surface area (Å²) in [6.45, 7) is 3.87. The number of nitrogens with one attached hydrogen (secondary N) is 1. The van der Waals surface area contributed by atoms with Crippen molar-refractivity contribution in [2.75, 3.05) is 46.2 Å². The van der Waals surface area contributed by atoms with E-state index in [1.54, 1.807) is 7.11 Å². The predicted octanol–water partition coefficient (Wildman–Crippen LogP) is 1.67. The Morgan fingerprint density at radius 1 is 1.33 bits per heavy atom. The third-order valence-corrected chi connectivity index (χ3v) is 2.78. The normalized spacial score (nSPS) is 11.1. The van der Waals surface area contributed by atoms with Gasteiger partial charge in [-0.2, -0.15) is 0 Å². The van der Waals surface area contributed by atoms with Gasteiger partial charge < -0.3 is 19.5 Å². The van der Waals surface area contributed by atoms with Gasteiger partial charge in [-0.15, -0.1) is 0 Å². The molecule has 0 bridgehead atoms. The lowest BCUT2D eigenvalue weighted by Gasteiger charge is -2.11. The van der Waals surface area contributed by atoms with Crippen LogP contribution in [0.2, 0.25) is 0 Å². The topological polar surface area (TPSA) is 42.3 Å². The maximum absolute atomic E-state index is 5.06. The molecule has 18 heavy (non-hydrogen) atoms. The third kappa shape index (κ3) is 6.02. The maximum atomic E-state index is 5.06. The highest BCUT2D eigenvalue weighted by Crippen LogP contribution is 2.06. The van der Waals surface area contributed by atoms with E-state index < -0.39 is 0 Å². The van der Waals surface area contributed by atoms with E-state index in [1.807, 2.05) is 12.4 Å². The van der Waals surface area contributed by atoms with E-state index in [1.165, 1.54) is 12.8 Å². The van der Waals surface area contributed by atoms with Gasteiger partial charge in [0.15, 0.2) is 0 Å². The number of imidazole rings is 1. The van der Waals surface area contributed by atoms with Gasteiger partial charge in [-0.05, 0) is 39.9 Å². The smallest absolute Gasteiger partial charge is 0.202 e. The van der Waals surface area contributed by atoms with Crippen LogP contribution in [-0.4, -0.2) is 55.4 Å². The first-order valence-corrected chi connectivity index (χ1v) is 6.62. The van der Waals surface area contributed by atoms with E-state index in [4.69, 9.17) is 4.74 Å². The Morgan fingerprint density at radius 2 is 2.17 bits per heavy atom. The van der Waals surface area contributed by atoms with Crippen molar-refractivity contribution < 1.29 is 4.74 Å². The maximum Gasteiger partial charge on any atom is 0.202 e. The molecule has 0 amide bonds. The minimum absolute atomic E-state index is 0.792. The van der Waals surface area contributed by atoms with E-state index in [0.717, 1.165) is 38.6 Å². The second-order valence-electron chi connectivity index (χ2n) is 4.73. The summed E-state index contributed by atoms with van der Waals surface area (Å²) in [6.07, 6.45) is 7.25. The van der Waals surface area contributed by atoms with Crippen molar-refractivity contribution in [2.45, 2.75) is 25.8 Å². The number of methoxy groups -OCH3 is 1. The number of anilines is 1. The van der Waals surface area contributed by atoms with Crippen LogP contribution in [-0.2, 0) is 11.3 Å². The number of aromatic nitrogens is 2. The molecule has 104 valence electrons. The van der Waals surface area contributed by atoms with Gasteiger partial charge in [0.05, 0.1) is 0 Å². The molecule has 0 saturated carbocycles. The van der Waals surface area contributed by atoms with Gasteiger partial charge in [-0.3, -0.25) is 0 Å². The first kappa shape index (κ1) is 15.0. The minimum atomic E-state index is 0.792. The average Bonchev–Trinajstić information content (AvgIpc) is 2.76. The molecule has 1 aromatic heterocycles. The fraction of sp³-hybridized carbons (Fsp3) is 0.769. The number of aryl methyl sites for hydroxylation is 1. The van der Waals surface area contributed by atoms with Crippen LogP contribution >= 0.6 is 0 Å². The summed E-state index contributed by atoms with van der Waals surface area (Å²) in [5.74, 6) is 0.968. The molecule has 1 N–H and O–H groups in total. The van der Waals surface area contributed by atoms with Crippen LogP contribution in [0.5, 0.6) is 0 Å². The van der Waals surface area contributed by atoms with Crippen LogP contribution in [0.25, 0.3) is 0 Å². The molecule has 0 aliphatic heterocycles. The van der Waals surface area contributed by atoms with Crippen molar-refractivity contribution in [1.29, 1.82) is 0 Å². The lowest BCUT2D eigenvalue weighted by atomic mass is 10.3. The van der Waals surface area contributed by atoms with Crippen LogP contribution in [0.4, 0.5) is 5.95 Å². The van der Waals surface area contributed by atoms with Gasteiger partial charge in [0, 0.05) is 39.2 Å². The summed E-state index contributed by atoms with van der Waals surface area (Å²) in [6, 6.07) is 0. The molecule has 0 spiro atoms. The Bertz CT molecular complexity index is 312. The summed E-state index contributed by atoms with van der Waals surface area (Å²) in [7, 11) is 5.95. The van der Waals surface area contributed by atoms with Gasteiger partial charge in [0.25, 0.3) is 0 Å². The van der Waals surface area contributed by atoms with Crippen LogP contribution < -0.4 is 5.32 Å². The zero-order chi connectivity index (χ0) is 13.2. The zero-order valence-electron chi connectivity index (χ0n) is 11.9. The summed E-state index contributed by atoms with van der Waals surface area (Å²) in [5.41, 5.74) is 0. The van der Waals surface area contributed by atoms with Crippen molar-refractivity contribution in [3.63, 3.8) is 0 Å². The minimum Gasteiger partial charge on any atom is -0.385 e. The first-order chi connectivity index (χ1) is 8.74. The molecule has 0 radical (unpaired) electrons. The zero-order valence-corrected chi connectivity index (χ0v) is 11.9. The Labute approximate surface area is 110 Å². The third-order valence-electron chi connectivity index (χ3n) is 2.78. The fourth-order valence-corrected chi connectivity index (χ4v) is 1.79. The highest BCUT2D eigenvalue weighted by Gasteiger charge is 2.01. The van der Waals surface area contributed by atoms with Crippen LogP contribution in [0.3, 0.4) is 0 Å². The Kier molecular flexibility index (Phi) is 7.44. The van der Waals surface area contributed by atoms with E-state index in [2.05, 4.69) is 33.9 Å². The second-order valence-corrected chi connectivity index (χ2v) is 4.73. The van der Waals surface area contributed by atoms with Crippen LogP contribution in [0, 0.1) is 0 Å². The van der Waals surface area contributed by atoms with Gasteiger partial charge in [0.1, 0.15) is 0 Å². The highest BCUT2D eigenvalue weighted by atomic mass is 16.5. The number of hydrogen-bond donors (Lipinski definition) is 1. The number of hydrogen-bond acceptors (Lipinski definition) is 4. The molecular weight excluding hydrogens is 228 g/mol. The molecule has 5 nitrogen and oxygen atoms in total. The Morgan fingerprint density at radius 3 is 2.89 bits per heavy atom. The standard InChI is InChI=1S/C13H26N4O/c1-16(2)9-5-4-7-14-13-15-8-11-17(13)10-6-12-18-3/h8,11H,4-7,9-10,12H2,1-3H3,(H,14,15). The van der Waals surface area contributed by atoms with Crippen molar-refractivity contribution in [1.82, 2.24) is 14.5 Å². The highest BCUT2D eigenvalue weighted by molar-refractivity contribution is 5.25. The molecule has 1 rings (SSSR count). The lowest BCUT2D eigenvalue weighted by Crippen LogP contribution is -2.15. The summed E-state index contributed by atoms with van der Waals surface area (Å²) in [5, 5.41) is 3.39. The molecule has 0 unspecified atom stereocenters. The monoisotopic (exact) mass is 254 g/mol. The molecule has 0 aliphatic carbocycles.